The lowest BCUT2D eigenvalue weighted by Crippen LogP contribution is -2.40. The second-order valence-electron chi connectivity index (χ2n) is 7.06. The van der Waals surface area contributed by atoms with Crippen LogP contribution in [0.2, 0.25) is 0 Å². The highest BCUT2D eigenvalue weighted by molar-refractivity contribution is 5.88. The summed E-state index contributed by atoms with van der Waals surface area (Å²) in [5.74, 6) is 1.04. The predicted octanol–water partition coefficient (Wildman–Crippen LogP) is 3.55. The van der Waals surface area contributed by atoms with E-state index >= 15 is 0 Å². The number of carbonyl (C=O) groups is 1. The average molecular weight is 397 g/mol. The first-order valence-corrected chi connectivity index (χ1v) is 10.1. The molecule has 2 aromatic rings. The van der Waals surface area contributed by atoms with E-state index in [4.69, 9.17) is 4.74 Å². The highest BCUT2D eigenvalue weighted by Crippen LogP contribution is 2.11. The molecule has 0 radical (unpaired) electrons. The molecule has 3 N–H and O–H groups in total. The number of guanidine groups is 1. The molecule has 0 fully saturated rings. The van der Waals surface area contributed by atoms with E-state index in [2.05, 4.69) is 40.0 Å². The van der Waals surface area contributed by atoms with Gasteiger partial charge in [0.15, 0.2) is 5.96 Å². The topological polar surface area (TPSA) is 74.8 Å². The van der Waals surface area contributed by atoms with Crippen molar-refractivity contribution in [1.82, 2.24) is 10.6 Å². The molecular formula is C23H32N4O2. The van der Waals surface area contributed by atoms with Gasteiger partial charge in [-0.1, -0.05) is 49.4 Å². The molecule has 0 spiro atoms. The van der Waals surface area contributed by atoms with Crippen molar-refractivity contribution in [1.29, 1.82) is 0 Å². The van der Waals surface area contributed by atoms with Crippen molar-refractivity contribution in [3.8, 4) is 0 Å². The summed E-state index contributed by atoms with van der Waals surface area (Å²) in [4.78, 5) is 15.9. The van der Waals surface area contributed by atoms with Gasteiger partial charge in [0.25, 0.3) is 0 Å². The number of anilines is 1. The molecule has 0 saturated heterocycles. The van der Waals surface area contributed by atoms with Gasteiger partial charge in [0, 0.05) is 25.7 Å². The standard InChI is InChI=1S/C23H32N4O2/c1-4-24-23(26-15-21-11-8-12-22(13-21)27-19(3)28)25-14-18(2)16-29-17-20-9-6-5-7-10-20/h5-13,18H,4,14-17H2,1-3H3,(H,27,28)(H2,24,25,26). The highest BCUT2D eigenvalue weighted by Gasteiger charge is 2.05. The maximum absolute atomic E-state index is 11.2. The number of amides is 1. The van der Waals surface area contributed by atoms with Crippen LogP contribution in [0.5, 0.6) is 0 Å². The second-order valence-corrected chi connectivity index (χ2v) is 7.06. The molecule has 29 heavy (non-hydrogen) atoms. The van der Waals surface area contributed by atoms with Crippen LogP contribution in [0.4, 0.5) is 5.69 Å². The predicted molar refractivity (Wildman–Crippen MR) is 119 cm³/mol. The van der Waals surface area contributed by atoms with Crippen molar-refractivity contribution >= 4 is 17.6 Å². The number of nitrogens with zero attached hydrogens (tertiary/aromatic N) is 1. The SMILES string of the molecule is CCNC(=NCc1cccc(NC(C)=O)c1)NCC(C)COCc1ccccc1. The summed E-state index contributed by atoms with van der Waals surface area (Å²) in [5, 5.41) is 9.44. The van der Waals surface area contributed by atoms with Crippen LogP contribution in [0.3, 0.4) is 0 Å². The number of hydrogen-bond donors (Lipinski definition) is 3. The molecule has 156 valence electrons. The monoisotopic (exact) mass is 396 g/mol. The number of aliphatic imine (C=N–C) groups is 1. The fourth-order valence-corrected chi connectivity index (χ4v) is 2.74. The van der Waals surface area contributed by atoms with Gasteiger partial charge in [-0.15, -0.1) is 0 Å². The van der Waals surface area contributed by atoms with Crippen LogP contribution in [0.1, 0.15) is 31.9 Å². The molecular weight excluding hydrogens is 364 g/mol. The number of carbonyl (C=O) groups excluding carboxylic acids is 1. The van der Waals surface area contributed by atoms with Gasteiger partial charge >= 0.3 is 0 Å². The van der Waals surface area contributed by atoms with Gasteiger partial charge in [-0.25, -0.2) is 4.99 Å². The lowest BCUT2D eigenvalue weighted by Gasteiger charge is -2.16. The zero-order chi connectivity index (χ0) is 20.9. The number of rotatable bonds is 10. The molecule has 2 rings (SSSR count). The average Bonchev–Trinajstić information content (AvgIpc) is 2.71. The van der Waals surface area contributed by atoms with Crippen LogP contribution < -0.4 is 16.0 Å². The van der Waals surface area contributed by atoms with Crippen LogP contribution in [0.15, 0.2) is 59.6 Å². The van der Waals surface area contributed by atoms with Crippen LogP contribution in [-0.4, -0.2) is 31.6 Å². The molecule has 1 unspecified atom stereocenters. The fourth-order valence-electron chi connectivity index (χ4n) is 2.74. The van der Waals surface area contributed by atoms with E-state index in [-0.39, 0.29) is 5.91 Å². The van der Waals surface area contributed by atoms with E-state index in [1.165, 1.54) is 12.5 Å². The Morgan fingerprint density at radius 2 is 1.83 bits per heavy atom. The maximum atomic E-state index is 11.2. The minimum atomic E-state index is -0.0795. The molecule has 1 amide bonds. The fraction of sp³-hybridized carbons (Fsp3) is 0.391. The lowest BCUT2D eigenvalue weighted by atomic mass is 10.2. The van der Waals surface area contributed by atoms with Gasteiger partial charge in [0.05, 0.1) is 19.8 Å². The van der Waals surface area contributed by atoms with Gasteiger partial charge in [0.2, 0.25) is 5.91 Å². The summed E-state index contributed by atoms with van der Waals surface area (Å²) in [6, 6.07) is 17.9. The lowest BCUT2D eigenvalue weighted by molar-refractivity contribution is -0.114. The summed E-state index contributed by atoms with van der Waals surface area (Å²) in [5.41, 5.74) is 3.00. The van der Waals surface area contributed by atoms with E-state index < -0.39 is 0 Å². The van der Waals surface area contributed by atoms with Gasteiger partial charge in [-0.05, 0) is 36.1 Å². The van der Waals surface area contributed by atoms with E-state index in [0.717, 1.165) is 30.3 Å². The van der Waals surface area contributed by atoms with Crippen molar-refractivity contribution in [2.24, 2.45) is 10.9 Å². The third-order valence-corrected chi connectivity index (χ3v) is 4.14. The smallest absolute Gasteiger partial charge is 0.221 e. The Morgan fingerprint density at radius 3 is 2.55 bits per heavy atom. The molecule has 6 heteroatoms. The molecule has 1 atom stereocenters. The zero-order valence-electron chi connectivity index (χ0n) is 17.6. The van der Waals surface area contributed by atoms with E-state index in [9.17, 15) is 4.79 Å². The largest absolute Gasteiger partial charge is 0.376 e. The molecule has 6 nitrogen and oxygen atoms in total. The van der Waals surface area contributed by atoms with Crippen LogP contribution >= 0.6 is 0 Å². The quantitative estimate of drug-likeness (QED) is 0.424. The molecule has 0 aliphatic rings. The number of hydrogen-bond acceptors (Lipinski definition) is 3. The number of nitrogens with one attached hydrogen (secondary N) is 3. The second kappa shape index (κ2) is 12.6. The van der Waals surface area contributed by atoms with Gasteiger partial charge < -0.3 is 20.7 Å². The van der Waals surface area contributed by atoms with Crippen molar-refractivity contribution < 1.29 is 9.53 Å². The Bertz CT molecular complexity index is 777. The van der Waals surface area contributed by atoms with Crippen LogP contribution in [0.25, 0.3) is 0 Å². The molecule has 0 bridgehead atoms. The van der Waals surface area contributed by atoms with E-state index in [1.807, 2.05) is 49.4 Å². The first-order chi connectivity index (χ1) is 14.1. The summed E-state index contributed by atoms with van der Waals surface area (Å²) in [7, 11) is 0. The minimum absolute atomic E-state index is 0.0795. The van der Waals surface area contributed by atoms with Crippen LogP contribution in [-0.2, 0) is 22.7 Å². The Hall–Kier alpha value is -2.86. The summed E-state index contributed by atoms with van der Waals surface area (Å²) in [6.07, 6.45) is 0. The minimum Gasteiger partial charge on any atom is -0.376 e. The number of benzene rings is 2. The molecule has 0 aliphatic carbocycles. The Morgan fingerprint density at radius 1 is 1.07 bits per heavy atom. The molecule has 0 heterocycles. The Balaban J connectivity index is 1.80. The maximum Gasteiger partial charge on any atom is 0.221 e. The molecule has 0 aromatic heterocycles. The van der Waals surface area contributed by atoms with Crippen molar-refractivity contribution in [2.45, 2.75) is 33.9 Å². The Kier molecular flexibility index (Phi) is 9.72. The van der Waals surface area contributed by atoms with E-state index in [0.29, 0.717) is 25.7 Å². The third kappa shape index (κ3) is 9.25. The molecule has 0 aliphatic heterocycles. The van der Waals surface area contributed by atoms with Crippen molar-refractivity contribution in [2.75, 3.05) is 25.0 Å². The van der Waals surface area contributed by atoms with Gasteiger partial charge in [-0.3, -0.25) is 4.79 Å². The van der Waals surface area contributed by atoms with Crippen molar-refractivity contribution in [3.63, 3.8) is 0 Å². The normalized spacial score (nSPS) is 12.3. The molecule has 2 aromatic carbocycles. The summed E-state index contributed by atoms with van der Waals surface area (Å²) >= 11 is 0. The molecule has 0 saturated carbocycles. The van der Waals surface area contributed by atoms with Gasteiger partial charge in [-0.2, -0.15) is 0 Å². The van der Waals surface area contributed by atoms with E-state index in [1.54, 1.807) is 0 Å². The highest BCUT2D eigenvalue weighted by atomic mass is 16.5. The zero-order valence-corrected chi connectivity index (χ0v) is 17.6. The van der Waals surface area contributed by atoms with Crippen molar-refractivity contribution in [3.05, 3.63) is 65.7 Å². The summed E-state index contributed by atoms with van der Waals surface area (Å²) < 4.78 is 5.81. The number of ether oxygens (including phenoxy) is 1. The van der Waals surface area contributed by atoms with Gasteiger partial charge in [0.1, 0.15) is 0 Å². The van der Waals surface area contributed by atoms with Crippen LogP contribution in [0, 0.1) is 5.92 Å². The third-order valence-electron chi connectivity index (χ3n) is 4.14. The Labute approximate surface area is 173 Å². The summed E-state index contributed by atoms with van der Waals surface area (Å²) in [6.45, 7) is 9.09. The first-order valence-electron chi connectivity index (χ1n) is 10.1. The first kappa shape index (κ1) is 22.4.